The minimum atomic E-state index is -1.59. The van der Waals surface area contributed by atoms with Crippen LogP contribution in [0, 0.1) is 0 Å². The van der Waals surface area contributed by atoms with E-state index in [4.69, 9.17) is 11.6 Å². The summed E-state index contributed by atoms with van der Waals surface area (Å²) in [5, 5.41) is 11.2. The fourth-order valence-electron chi connectivity index (χ4n) is 2.79. The Kier molecular flexibility index (Phi) is 5.98. The van der Waals surface area contributed by atoms with Gasteiger partial charge in [-0.1, -0.05) is 17.7 Å². The molecule has 4 rings (SSSR count). The molecule has 0 fully saturated rings. The molecule has 0 aliphatic heterocycles. The van der Waals surface area contributed by atoms with Gasteiger partial charge in [0.1, 0.15) is 17.8 Å². The van der Waals surface area contributed by atoms with Crippen LogP contribution in [-0.4, -0.2) is 33.2 Å². The molecule has 0 spiro atoms. The second kappa shape index (κ2) is 8.66. The number of hydrogen-bond acceptors (Lipinski definition) is 7. The summed E-state index contributed by atoms with van der Waals surface area (Å²) in [5.41, 5.74) is -0.214. The molecule has 11 heteroatoms. The first-order valence-corrected chi connectivity index (χ1v) is 11.2. The molecule has 30 heavy (non-hydrogen) atoms. The largest absolute Gasteiger partial charge is 0.368 e. The van der Waals surface area contributed by atoms with Crippen LogP contribution in [0.2, 0.25) is 0 Å². The Bertz CT molecular complexity index is 1140. The minimum absolute atomic E-state index is 0.0628. The number of aromatic nitrogens is 3. The van der Waals surface area contributed by atoms with Crippen molar-refractivity contribution in [3.63, 3.8) is 0 Å². The lowest BCUT2D eigenvalue weighted by atomic mass is 9.98. The van der Waals surface area contributed by atoms with E-state index in [9.17, 15) is 9.18 Å². The quantitative estimate of drug-likeness (QED) is 0.474. The van der Waals surface area contributed by atoms with Gasteiger partial charge in [-0.15, -0.1) is 22.7 Å². The number of rotatable bonds is 6. The molecule has 1 aliphatic rings. The van der Waals surface area contributed by atoms with Crippen LogP contribution in [-0.2, 0) is 6.42 Å². The third kappa shape index (κ3) is 4.77. The van der Waals surface area contributed by atoms with Gasteiger partial charge in [0, 0.05) is 36.2 Å². The first-order chi connectivity index (χ1) is 14.4. The van der Waals surface area contributed by atoms with Crippen LogP contribution in [0.5, 0.6) is 0 Å². The smallest absolute Gasteiger partial charge is 0.325 e. The Balaban J connectivity index is 1.27. The number of allylic oxidation sites excluding steroid dienone is 3. The highest BCUT2D eigenvalue weighted by atomic mass is 35.5. The van der Waals surface area contributed by atoms with E-state index in [0.29, 0.717) is 17.4 Å². The number of carbonyl (C=O) groups is 1. The standard InChI is InChI=1S/C19H18ClFN6OS2/c1-19(21)5-2-11(8-14(19)20)26-17(28)27-18-23-9-12(30-18)3-6-22-16-15-13(4-7-29-15)24-10-25-16/h2,4,7-10H,3,5-6H2,1H3,(H,22,24,25)(H2,23,26,27,28). The van der Waals surface area contributed by atoms with Gasteiger partial charge in [-0.25, -0.2) is 24.1 Å². The van der Waals surface area contributed by atoms with E-state index in [0.717, 1.165) is 27.3 Å². The Morgan fingerprint density at radius 1 is 1.33 bits per heavy atom. The maximum Gasteiger partial charge on any atom is 0.325 e. The van der Waals surface area contributed by atoms with Gasteiger partial charge >= 0.3 is 6.03 Å². The molecule has 0 saturated carbocycles. The number of anilines is 2. The Morgan fingerprint density at radius 2 is 2.20 bits per heavy atom. The highest BCUT2D eigenvalue weighted by Crippen LogP contribution is 2.33. The fraction of sp³-hybridized carbons (Fsp3) is 0.263. The second-order valence-electron chi connectivity index (χ2n) is 6.80. The van der Waals surface area contributed by atoms with Crippen molar-refractivity contribution in [3.05, 3.63) is 51.7 Å². The molecule has 1 atom stereocenters. The van der Waals surface area contributed by atoms with Crippen LogP contribution in [0.15, 0.2) is 46.9 Å². The summed E-state index contributed by atoms with van der Waals surface area (Å²) in [5.74, 6) is 0.814. The zero-order valence-electron chi connectivity index (χ0n) is 15.9. The van der Waals surface area contributed by atoms with Crippen molar-refractivity contribution in [1.82, 2.24) is 20.3 Å². The predicted molar refractivity (Wildman–Crippen MR) is 120 cm³/mol. The molecule has 0 saturated heterocycles. The van der Waals surface area contributed by atoms with E-state index < -0.39 is 11.7 Å². The topological polar surface area (TPSA) is 91.8 Å². The number of nitrogens with zero attached hydrogens (tertiary/aromatic N) is 3. The summed E-state index contributed by atoms with van der Waals surface area (Å²) in [6, 6.07) is 1.51. The van der Waals surface area contributed by atoms with Crippen molar-refractivity contribution in [2.45, 2.75) is 25.4 Å². The van der Waals surface area contributed by atoms with Crippen LogP contribution < -0.4 is 16.0 Å². The normalized spacial score (nSPS) is 18.6. The number of nitrogens with one attached hydrogen (secondary N) is 3. The molecule has 3 aromatic heterocycles. The van der Waals surface area contributed by atoms with Crippen molar-refractivity contribution in [2.24, 2.45) is 0 Å². The SMILES string of the molecule is CC1(F)CC=C(NC(=O)Nc2ncc(CCNc3ncnc4ccsc34)s2)C=C1Cl. The molecular formula is C19H18ClFN6OS2. The summed E-state index contributed by atoms with van der Waals surface area (Å²) < 4.78 is 15.0. The lowest BCUT2D eigenvalue weighted by Gasteiger charge is -2.22. The van der Waals surface area contributed by atoms with Crippen LogP contribution in [0.3, 0.4) is 0 Å². The molecular weight excluding hydrogens is 447 g/mol. The molecule has 156 valence electrons. The van der Waals surface area contributed by atoms with Gasteiger partial charge in [0.05, 0.1) is 15.2 Å². The maximum atomic E-state index is 14.0. The number of amides is 2. The van der Waals surface area contributed by atoms with Crippen LogP contribution in [0.4, 0.5) is 20.1 Å². The summed E-state index contributed by atoms with van der Waals surface area (Å²) in [4.78, 5) is 25.9. The van der Waals surface area contributed by atoms with E-state index in [1.54, 1.807) is 29.9 Å². The van der Waals surface area contributed by atoms with Gasteiger partial charge in [-0.2, -0.15) is 0 Å². The Hall–Kier alpha value is -2.56. The zero-order chi connectivity index (χ0) is 21.1. The van der Waals surface area contributed by atoms with Gasteiger partial charge in [-0.3, -0.25) is 5.32 Å². The number of urea groups is 1. The van der Waals surface area contributed by atoms with E-state index in [2.05, 4.69) is 30.9 Å². The van der Waals surface area contributed by atoms with Crippen molar-refractivity contribution < 1.29 is 9.18 Å². The van der Waals surface area contributed by atoms with Gasteiger partial charge in [0.25, 0.3) is 0 Å². The molecule has 3 aromatic rings. The molecule has 0 bridgehead atoms. The lowest BCUT2D eigenvalue weighted by molar-refractivity contribution is 0.248. The summed E-state index contributed by atoms with van der Waals surface area (Å²) in [6.07, 6.45) is 7.13. The number of thiazole rings is 1. The van der Waals surface area contributed by atoms with Crippen LogP contribution in [0.1, 0.15) is 18.2 Å². The number of hydrogen-bond donors (Lipinski definition) is 3. The number of carbonyl (C=O) groups excluding carboxylic acids is 1. The average molecular weight is 465 g/mol. The molecule has 1 aliphatic carbocycles. The number of halogens is 2. The van der Waals surface area contributed by atoms with Gasteiger partial charge in [0.15, 0.2) is 5.13 Å². The number of thiophene rings is 1. The van der Waals surface area contributed by atoms with Crippen molar-refractivity contribution in [1.29, 1.82) is 0 Å². The van der Waals surface area contributed by atoms with Crippen LogP contribution in [0.25, 0.3) is 10.2 Å². The third-order valence-corrected chi connectivity index (χ3v) is 6.81. The molecule has 1 unspecified atom stereocenters. The second-order valence-corrected chi connectivity index (χ2v) is 9.24. The van der Waals surface area contributed by atoms with E-state index in [1.807, 2.05) is 11.4 Å². The average Bonchev–Trinajstić information content (AvgIpc) is 3.35. The number of fused-ring (bicyclic) bond motifs is 1. The van der Waals surface area contributed by atoms with Crippen molar-refractivity contribution >= 4 is 61.5 Å². The predicted octanol–water partition coefficient (Wildman–Crippen LogP) is 5.06. The highest BCUT2D eigenvalue weighted by Gasteiger charge is 2.29. The summed E-state index contributed by atoms with van der Waals surface area (Å²) in [7, 11) is 0. The minimum Gasteiger partial charge on any atom is -0.368 e. The number of alkyl halides is 1. The first-order valence-electron chi connectivity index (χ1n) is 9.12. The molecule has 2 amide bonds. The van der Waals surface area contributed by atoms with Crippen molar-refractivity contribution in [3.8, 4) is 0 Å². The van der Waals surface area contributed by atoms with Gasteiger partial charge in [-0.05, 0) is 24.4 Å². The molecule has 7 nitrogen and oxygen atoms in total. The van der Waals surface area contributed by atoms with E-state index >= 15 is 0 Å². The lowest BCUT2D eigenvalue weighted by Crippen LogP contribution is -2.30. The third-order valence-electron chi connectivity index (χ3n) is 4.42. The summed E-state index contributed by atoms with van der Waals surface area (Å²) >= 11 is 8.90. The Morgan fingerprint density at radius 3 is 3.03 bits per heavy atom. The molecule has 3 heterocycles. The van der Waals surface area contributed by atoms with E-state index in [1.165, 1.54) is 24.3 Å². The first kappa shape index (κ1) is 20.7. The maximum absolute atomic E-state index is 14.0. The van der Waals surface area contributed by atoms with Gasteiger partial charge < -0.3 is 10.6 Å². The van der Waals surface area contributed by atoms with Gasteiger partial charge in [0.2, 0.25) is 0 Å². The summed E-state index contributed by atoms with van der Waals surface area (Å²) in [6.45, 7) is 2.08. The zero-order valence-corrected chi connectivity index (χ0v) is 18.3. The monoisotopic (exact) mass is 464 g/mol. The Labute approximate surface area is 185 Å². The molecule has 3 N–H and O–H groups in total. The van der Waals surface area contributed by atoms with E-state index in [-0.39, 0.29) is 11.5 Å². The highest BCUT2D eigenvalue weighted by molar-refractivity contribution is 7.17. The molecule has 0 aromatic carbocycles. The van der Waals surface area contributed by atoms with Crippen molar-refractivity contribution in [2.75, 3.05) is 17.2 Å². The molecule has 0 radical (unpaired) electrons. The van der Waals surface area contributed by atoms with Crippen LogP contribution >= 0.6 is 34.3 Å². The fourth-order valence-corrected chi connectivity index (χ4v) is 4.60.